The minimum absolute atomic E-state index is 0.947. The van der Waals surface area contributed by atoms with Crippen LogP contribution in [-0.2, 0) is 0 Å². The molecular formula is C52H35N3. The first-order valence-corrected chi connectivity index (χ1v) is 19.0. The molecule has 0 fully saturated rings. The van der Waals surface area contributed by atoms with E-state index in [1.54, 1.807) is 0 Å². The van der Waals surface area contributed by atoms with Gasteiger partial charge in [0, 0.05) is 27.2 Å². The Morgan fingerprint density at radius 1 is 0.418 bits per heavy atom. The van der Waals surface area contributed by atoms with E-state index in [0.717, 1.165) is 40.3 Å². The van der Waals surface area contributed by atoms with Gasteiger partial charge in [-0.1, -0.05) is 152 Å². The predicted octanol–water partition coefficient (Wildman–Crippen LogP) is 13.6. The van der Waals surface area contributed by atoms with Crippen molar-refractivity contribution in [2.75, 3.05) is 0 Å². The highest BCUT2D eigenvalue weighted by molar-refractivity contribution is 6.23. The Labute approximate surface area is 319 Å². The van der Waals surface area contributed by atoms with Crippen molar-refractivity contribution in [2.45, 2.75) is 12.8 Å². The van der Waals surface area contributed by atoms with Crippen LogP contribution in [0.4, 0.5) is 0 Å². The minimum atomic E-state index is 0.947. The number of benzene rings is 8. The SMILES string of the molecule is C1=C(c2ccc(-c3ccc(-c4ccc(-n5c6ccccc6c6ccccc65)cc4)cc3)cc2)C=C(c2cnc3c4ccccc4c4ccccc4c3n2)CC1. The zero-order chi connectivity index (χ0) is 36.3. The Bertz CT molecular complexity index is 3080. The normalized spacial score (nSPS) is 13.2. The van der Waals surface area contributed by atoms with Crippen LogP contribution < -0.4 is 0 Å². The smallest absolute Gasteiger partial charge is 0.0979 e. The fourth-order valence-corrected chi connectivity index (χ4v) is 8.60. The van der Waals surface area contributed by atoms with Gasteiger partial charge in [-0.3, -0.25) is 4.98 Å². The Morgan fingerprint density at radius 3 is 1.44 bits per heavy atom. The molecule has 1 aliphatic carbocycles. The van der Waals surface area contributed by atoms with E-state index in [1.165, 1.54) is 77.2 Å². The van der Waals surface area contributed by atoms with Crippen LogP contribution in [-0.4, -0.2) is 14.5 Å². The van der Waals surface area contributed by atoms with Crippen LogP contribution in [0, 0.1) is 0 Å². The molecule has 8 aromatic carbocycles. The third-order valence-electron chi connectivity index (χ3n) is 11.3. The van der Waals surface area contributed by atoms with E-state index in [1.807, 2.05) is 6.20 Å². The quantitative estimate of drug-likeness (QED) is 0.167. The maximum Gasteiger partial charge on any atom is 0.0979 e. The molecule has 2 aromatic heterocycles. The number of fused-ring (bicyclic) bond motifs is 9. The Balaban J connectivity index is 0.847. The second-order valence-corrected chi connectivity index (χ2v) is 14.5. The largest absolute Gasteiger partial charge is 0.309 e. The summed E-state index contributed by atoms with van der Waals surface area (Å²) in [6.07, 6.45) is 8.53. The second-order valence-electron chi connectivity index (χ2n) is 14.5. The third-order valence-corrected chi connectivity index (χ3v) is 11.3. The van der Waals surface area contributed by atoms with Crippen molar-refractivity contribution >= 4 is 65.5 Å². The monoisotopic (exact) mass is 701 g/mol. The zero-order valence-corrected chi connectivity index (χ0v) is 30.2. The lowest BCUT2D eigenvalue weighted by Crippen LogP contribution is -1.98. The molecule has 10 aromatic rings. The van der Waals surface area contributed by atoms with Crippen LogP contribution in [0.25, 0.3) is 93.5 Å². The minimum Gasteiger partial charge on any atom is -0.309 e. The van der Waals surface area contributed by atoms with Gasteiger partial charge in [-0.2, -0.15) is 0 Å². The van der Waals surface area contributed by atoms with Gasteiger partial charge < -0.3 is 4.57 Å². The standard InChI is InChI=1S/C52H35N3/c1-3-16-46-42(12-1)43-13-2-4-17-47(43)52-51(46)53-33-48(54-52)40-11-9-10-39(32-40)38-26-24-35(25-27-38)34-20-22-36(23-21-34)37-28-30-41(31-29-37)55-49-18-7-5-14-44(49)45-15-6-8-19-50(45)55/h1-8,10,12-33H,9,11H2. The highest BCUT2D eigenvalue weighted by Crippen LogP contribution is 2.37. The van der Waals surface area contributed by atoms with Gasteiger partial charge in [0.1, 0.15) is 0 Å². The fraction of sp³-hybridized carbons (Fsp3) is 0.0385. The Morgan fingerprint density at radius 2 is 0.873 bits per heavy atom. The molecule has 0 aliphatic heterocycles. The Kier molecular flexibility index (Phi) is 7.31. The van der Waals surface area contributed by atoms with Gasteiger partial charge in [0.15, 0.2) is 0 Å². The lowest BCUT2D eigenvalue weighted by molar-refractivity contribution is 1.04. The lowest BCUT2D eigenvalue weighted by Gasteiger charge is -2.16. The highest BCUT2D eigenvalue weighted by Gasteiger charge is 2.16. The molecule has 0 N–H and O–H groups in total. The Hall–Kier alpha value is -7.10. The molecule has 0 unspecified atom stereocenters. The van der Waals surface area contributed by atoms with Crippen molar-refractivity contribution in [3.05, 3.63) is 199 Å². The van der Waals surface area contributed by atoms with Gasteiger partial charge in [-0.25, -0.2) is 4.98 Å². The lowest BCUT2D eigenvalue weighted by atomic mass is 9.92. The third kappa shape index (κ3) is 5.27. The average Bonchev–Trinajstić information content (AvgIpc) is 3.61. The molecule has 1 aliphatic rings. The molecule has 11 rings (SSSR count). The molecule has 2 heterocycles. The molecule has 0 atom stereocenters. The summed E-state index contributed by atoms with van der Waals surface area (Å²) in [4.78, 5) is 10.3. The van der Waals surface area contributed by atoms with Crippen molar-refractivity contribution in [1.82, 2.24) is 14.5 Å². The number of hydrogen-bond donors (Lipinski definition) is 0. The number of para-hydroxylation sites is 2. The van der Waals surface area contributed by atoms with Crippen LogP contribution in [0.3, 0.4) is 0 Å². The van der Waals surface area contributed by atoms with Crippen LogP contribution in [0.1, 0.15) is 24.1 Å². The summed E-state index contributed by atoms with van der Waals surface area (Å²) >= 11 is 0. The van der Waals surface area contributed by atoms with E-state index in [4.69, 9.17) is 9.97 Å². The number of hydrogen-bond acceptors (Lipinski definition) is 2. The first-order valence-electron chi connectivity index (χ1n) is 19.0. The number of rotatable bonds is 5. The maximum absolute atomic E-state index is 5.27. The highest BCUT2D eigenvalue weighted by atomic mass is 15.0. The molecule has 0 amide bonds. The summed E-state index contributed by atoms with van der Waals surface area (Å²) < 4.78 is 2.36. The molecule has 0 bridgehead atoms. The van der Waals surface area contributed by atoms with Crippen molar-refractivity contribution in [2.24, 2.45) is 0 Å². The second kappa shape index (κ2) is 12.8. The molecule has 0 radical (unpaired) electrons. The van der Waals surface area contributed by atoms with Crippen LogP contribution in [0.15, 0.2) is 188 Å². The summed E-state index contributed by atoms with van der Waals surface area (Å²) in [5.74, 6) is 0. The number of aromatic nitrogens is 3. The first-order chi connectivity index (χ1) is 27.3. The van der Waals surface area contributed by atoms with Crippen molar-refractivity contribution < 1.29 is 0 Å². The summed E-state index contributed by atoms with van der Waals surface area (Å²) in [5.41, 5.74) is 15.0. The van der Waals surface area contributed by atoms with Crippen molar-refractivity contribution in [3.8, 4) is 27.9 Å². The van der Waals surface area contributed by atoms with Gasteiger partial charge in [-0.05, 0) is 92.9 Å². The number of nitrogens with zero attached hydrogens (tertiary/aromatic N) is 3. The van der Waals surface area contributed by atoms with E-state index in [9.17, 15) is 0 Å². The van der Waals surface area contributed by atoms with E-state index < -0.39 is 0 Å². The van der Waals surface area contributed by atoms with Gasteiger partial charge in [-0.15, -0.1) is 0 Å². The van der Waals surface area contributed by atoms with Crippen LogP contribution >= 0.6 is 0 Å². The van der Waals surface area contributed by atoms with Gasteiger partial charge in [0.05, 0.1) is 34.0 Å². The summed E-state index contributed by atoms with van der Waals surface area (Å²) in [5, 5.41) is 7.29. The summed E-state index contributed by atoms with van der Waals surface area (Å²) in [6, 6.07) is 61.2. The molecule has 3 heteroatoms. The predicted molar refractivity (Wildman–Crippen MR) is 231 cm³/mol. The van der Waals surface area contributed by atoms with Gasteiger partial charge in [0.25, 0.3) is 0 Å². The molecule has 0 saturated heterocycles. The molecule has 0 saturated carbocycles. The van der Waals surface area contributed by atoms with Crippen molar-refractivity contribution in [3.63, 3.8) is 0 Å². The molecular weight excluding hydrogens is 667 g/mol. The van der Waals surface area contributed by atoms with E-state index in [0.29, 0.717) is 0 Å². The molecule has 3 nitrogen and oxygen atoms in total. The fourth-order valence-electron chi connectivity index (χ4n) is 8.60. The van der Waals surface area contributed by atoms with E-state index >= 15 is 0 Å². The van der Waals surface area contributed by atoms with Crippen LogP contribution in [0.5, 0.6) is 0 Å². The van der Waals surface area contributed by atoms with Gasteiger partial charge >= 0.3 is 0 Å². The zero-order valence-electron chi connectivity index (χ0n) is 30.2. The van der Waals surface area contributed by atoms with Crippen LogP contribution in [0.2, 0.25) is 0 Å². The van der Waals surface area contributed by atoms with Crippen molar-refractivity contribution in [1.29, 1.82) is 0 Å². The maximum atomic E-state index is 5.27. The topological polar surface area (TPSA) is 30.7 Å². The summed E-state index contributed by atoms with van der Waals surface area (Å²) in [6.45, 7) is 0. The van der Waals surface area contributed by atoms with Gasteiger partial charge in [0.2, 0.25) is 0 Å². The molecule has 258 valence electrons. The molecule has 0 spiro atoms. The summed E-state index contributed by atoms with van der Waals surface area (Å²) in [7, 11) is 0. The average molecular weight is 702 g/mol. The number of allylic oxidation sites excluding steroid dienone is 4. The molecule has 55 heavy (non-hydrogen) atoms. The van der Waals surface area contributed by atoms with E-state index in [2.05, 4.69) is 187 Å². The van der Waals surface area contributed by atoms with E-state index in [-0.39, 0.29) is 0 Å². The first kappa shape index (κ1) is 31.4.